The van der Waals surface area contributed by atoms with Crippen molar-refractivity contribution >= 4 is 23.1 Å². The van der Waals surface area contributed by atoms with Crippen LogP contribution in [0.5, 0.6) is 0 Å². The van der Waals surface area contributed by atoms with Gasteiger partial charge < -0.3 is 15.5 Å². The number of halogens is 2. The molecule has 1 fully saturated rings. The average molecular weight is 464 g/mol. The second-order valence-corrected chi connectivity index (χ2v) is 8.52. The number of hydrogen-bond acceptors (Lipinski definition) is 4. The lowest BCUT2D eigenvalue weighted by Crippen LogP contribution is -2.43. The van der Waals surface area contributed by atoms with Crippen molar-refractivity contribution in [2.75, 3.05) is 36.8 Å². The lowest BCUT2D eigenvalue weighted by molar-refractivity contribution is 0.0841. The highest BCUT2D eigenvalue weighted by Gasteiger charge is 2.27. The van der Waals surface area contributed by atoms with E-state index >= 15 is 0 Å². The van der Waals surface area contributed by atoms with E-state index in [1.807, 2.05) is 0 Å². The van der Waals surface area contributed by atoms with Crippen LogP contribution in [0.4, 0.5) is 20.2 Å². The number of benzene rings is 3. The van der Waals surface area contributed by atoms with Gasteiger partial charge >= 0.3 is 0 Å². The van der Waals surface area contributed by atoms with Gasteiger partial charge in [-0.3, -0.25) is 9.59 Å². The number of likely N-dealkylation sites (tertiary alicyclic amines) is 1. The Morgan fingerprint density at radius 1 is 0.912 bits per heavy atom. The number of nitrogen functional groups attached to an aromatic ring is 1. The largest absolute Gasteiger partial charge is 0.399 e. The average Bonchev–Trinajstić information content (AvgIpc) is 2.85. The third-order valence-electron chi connectivity index (χ3n) is 6.25. The van der Waals surface area contributed by atoms with Gasteiger partial charge in [-0.05, 0) is 80.5 Å². The van der Waals surface area contributed by atoms with Gasteiger partial charge in [-0.15, -0.1) is 0 Å². The minimum absolute atomic E-state index is 0.0319. The summed E-state index contributed by atoms with van der Waals surface area (Å²) in [4.78, 5) is 29.6. The van der Waals surface area contributed by atoms with Crippen molar-refractivity contribution < 1.29 is 18.4 Å². The molecular formula is C27H27F2N3O2. The zero-order valence-corrected chi connectivity index (χ0v) is 18.8. The van der Waals surface area contributed by atoms with Crippen LogP contribution in [0.2, 0.25) is 0 Å². The highest BCUT2D eigenvalue weighted by atomic mass is 19.1. The van der Waals surface area contributed by atoms with E-state index < -0.39 is 5.82 Å². The van der Waals surface area contributed by atoms with Crippen LogP contribution in [0.1, 0.15) is 33.6 Å². The molecule has 2 N–H and O–H groups in total. The van der Waals surface area contributed by atoms with E-state index in [2.05, 4.69) is 4.90 Å². The van der Waals surface area contributed by atoms with Crippen LogP contribution in [-0.4, -0.2) is 42.8 Å². The van der Waals surface area contributed by atoms with E-state index in [9.17, 15) is 18.4 Å². The predicted octanol–water partition coefficient (Wildman–Crippen LogP) is 4.79. The number of Topliss-reactive ketones (excluding diaryl/α,β-unsaturated/α-hetero) is 1. The molecule has 1 aliphatic rings. The molecule has 4 rings (SSSR count). The minimum atomic E-state index is -0.469. The summed E-state index contributed by atoms with van der Waals surface area (Å²) in [5.41, 5.74) is 7.45. The highest BCUT2D eigenvalue weighted by Crippen LogP contribution is 2.24. The van der Waals surface area contributed by atoms with E-state index in [-0.39, 0.29) is 29.1 Å². The molecule has 5 nitrogen and oxygen atoms in total. The third-order valence-corrected chi connectivity index (χ3v) is 6.25. The Morgan fingerprint density at radius 2 is 1.62 bits per heavy atom. The first-order chi connectivity index (χ1) is 16.4. The number of nitrogens with zero attached hydrogens (tertiary/aromatic N) is 2. The first kappa shape index (κ1) is 23.6. The summed E-state index contributed by atoms with van der Waals surface area (Å²) in [5.74, 6) is -1.23. The molecule has 3 aromatic carbocycles. The van der Waals surface area contributed by atoms with E-state index in [1.165, 1.54) is 35.2 Å². The van der Waals surface area contributed by atoms with E-state index in [4.69, 9.17) is 5.73 Å². The number of ketones is 1. The van der Waals surface area contributed by atoms with Gasteiger partial charge in [-0.2, -0.15) is 0 Å². The summed E-state index contributed by atoms with van der Waals surface area (Å²) in [5, 5.41) is 0. The molecule has 0 bridgehead atoms. The number of anilines is 2. The van der Waals surface area contributed by atoms with Crippen LogP contribution in [-0.2, 0) is 0 Å². The summed E-state index contributed by atoms with van der Waals surface area (Å²) in [6.45, 7) is 2.22. The number of piperidine rings is 1. The molecule has 1 heterocycles. The normalized spacial score (nSPS) is 14.6. The second-order valence-electron chi connectivity index (χ2n) is 8.52. The fraction of sp³-hybridized carbons (Fsp3) is 0.259. The van der Waals surface area contributed by atoms with Crippen LogP contribution in [0, 0.1) is 17.6 Å². The van der Waals surface area contributed by atoms with Gasteiger partial charge in [0.15, 0.2) is 5.78 Å². The fourth-order valence-corrected chi connectivity index (χ4v) is 4.34. The monoisotopic (exact) mass is 463 g/mol. The maximum Gasteiger partial charge on any atom is 0.258 e. The van der Waals surface area contributed by atoms with E-state index in [0.717, 1.165) is 0 Å². The Labute approximate surface area is 197 Å². The van der Waals surface area contributed by atoms with Gasteiger partial charge in [0.05, 0.1) is 5.69 Å². The standard InChI is InChI=1S/C27H27F2N3O2/c28-22-10-8-19(9-11-22)26(33)20-12-14-31(15-13-20)16-17-32(25-7-2-1-6-24(25)29)27(34)21-4-3-5-23(30)18-21/h1-11,18,20H,12-17,30H2. The van der Waals surface area contributed by atoms with Crippen molar-refractivity contribution in [1.29, 1.82) is 0 Å². The van der Waals surface area contributed by atoms with Gasteiger partial charge in [0.25, 0.3) is 5.91 Å². The molecule has 0 unspecified atom stereocenters. The Morgan fingerprint density at radius 3 is 2.29 bits per heavy atom. The van der Waals surface area contributed by atoms with Crippen molar-refractivity contribution in [3.05, 3.63) is 95.6 Å². The Bertz CT molecular complexity index is 1160. The Kier molecular flexibility index (Phi) is 7.33. The van der Waals surface area contributed by atoms with Gasteiger partial charge in [-0.1, -0.05) is 18.2 Å². The maximum absolute atomic E-state index is 14.6. The number of carbonyl (C=O) groups is 2. The molecule has 0 radical (unpaired) electrons. The molecule has 0 spiro atoms. The molecule has 1 amide bonds. The van der Waals surface area contributed by atoms with E-state index in [1.54, 1.807) is 42.5 Å². The Balaban J connectivity index is 1.41. The number of nitrogens with two attached hydrogens (primary N) is 1. The van der Waals surface area contributed by atoms with E-state index in [0.29, 0.717) is 55.8 Å². The molecule has 0 aromatic heterocycles. The molecule has 176 valence electrons. The van der Waals surface area contributed by atoms with Crippen molar-refractivity contribution in [3.8, 4) is 0 Å². The first-order valence-electron chi connectivity index (χ1n) is 11.4. The minimum Gasteiger partial charge on any atom is -0.399 e. The smallest absolute Gasteiger partial charge is 0.258 e. The zero-order valence-electron chi connectivity index (χ0n) is 18.8. The SMILES string of the molecule is Nc1cccc(C(=O)N(CCN2CCC(C(=O)c3ccc(F)cc3)CC2)c2ccccc2F)c1. The van der Waals surface area contributed by atoms with Crippen LogP contribution in [0.3, 0.4) is 0 Å². The summed E-state index contributed by atoms with van der Waals surface area (Å²) in [7, 11) is 0. The van der Waals surface area contributed by atoms with Crippen LogP contribution in [0.15, 0.2) is 72.8 Å². The second kappa shape index (κ2) is 10.6. The number of rotatable bonds is 7. The van der Waals surface area contributed by atoms with Crippen LogP contribution >= 0.6 is 0 Å². The van der Waals surface area contributed by atoms with Gasteiger partial charge in [-0.25, -0.2) is 8.78 Å². The molecule has 0 aliphatic carbocycles. The summed E-state index contributed by atoms with van der Waals surface area (Å²) in [6, 6.07) is 18.5. The number of carbonyl (C=O) groups excluding carboxylic acids is 2. The molecule has 0 atom stereocenters. The molecule has 3 aromatic rings. The molecule has 1 aliphatic heterocycles. The topological polar surface area (TPSA) is 66.6 Å². The number of hydrogen-bond donors (Lipinski definition) is 1. The molecule has 1 saturated heterocycles. The Hall–Kier alpha value is -3.58. The molecule has 34 heavy (non-hydrogen) atoms. The maximum atomic E-state index is 14.6. The molecule has 7 heteroatoms. The lowest BCUT2D eigenvalue weighted by atomic mass is 9.89. The van der Waals surface area contributed by atoms with Gasteiger partial charge in [0.1, 0.15) is 11.6 Å². The first-order valence-corrected chi connectivity index (χ1v) is 11.4. The lowest BCUT2D eigenvalue weighted by Gasteiger charge is -2.33. The van der Waals surface area contributed by atoms with Crippen molar-refractivity contribution in [2.24, 2.45) is 5.92 Å². The zero-order chi connectivity index (χ0) is 24.1. The van der Waals surface area contributed by atoms with Gasteiger partial charge in [0, 0.05) is 35.8 Å². The predicted molar refractivity (Wildman–Crippen MR) is 129 cm³/mol. The van der Waals surface area contributed by atoms with Crippen molar-refractivity contribution in [3.63, 3.8) is 0 Å². The van der Waals surface area contributed by atoms with Crippen LogP contribution < -0.4 is 10.6 Å². The fourth-order valence-electron chi connectivity index (χ4n) is 4.34. The summed E-state index contributed by atoms with van der Waals surface area (Å²) < 4.78 is 27.7. The molecular weight excluding hydrogens is 436 g/mol. The third kappa shape index (κ3) is 5.48. The molecule has 0 saturated carbocycles. The highest BCUT2D eigenvalue weighted by molar-refractivity contribution is 6.06. The number of amides is 1. The quantitative estimate of drug-likeness (QED) is 0.404. The van der Waals surface area contributed by atoms with Crippen molar-refractivity contribution in [1.82, 2.24) is 4.90 Å². The number of para-hydroxylation sites is 1. The van der Waals surface area contributed by atoms with Crippen molar-refractivity contribution in [2.45, 2.75) is 12.8 Å². The van der Waals surface area contributed by atoms with Crippen LogP contribution in [0.25, 0.3) is 0 Å². The summed E-state index contributed by atoms with van der Waals surface area (Å²) in [6.07, 6.45) is 1.36. The van der Waals surface area contributed by atoms with Gasteiger partial charge in [0.2, 0.25) is 0 Å². The summed E-state index contributed by atoms with van der Waals surface area (Å²) >= 11 is 0.